The van der Waals surface area contributed by atoms with Gasteiger partial charge in [0.15, 0.2) is 16.7 Å². The molecule has 3 aromatic rings. The number of fused-ring (bicyclic) bond motifs is 2. The lowest BCUT2D eigenvalue weighted by Crippen LogP contribution is -2.24. The summed E-state index contributed by atoms with van der Waals surface area (Å²) in [5, 5.41) is 9.82. The quantitative estimate of drug-likeness (QED) is 0.325. The molecule has 0 spiro atoms. The number of ether oxygens (including phenoxy) is 3. The first kappa shape index (κ1) is 20.3. The smallest absolute Gasteiger partial charge is 0.348 e. The Bertz CT molecular complexity index is 1240. The Morgan fingerprint density at radius 1 is 1.40 bits per heavy atom. The van der Waals surface area contributed by atoms with Gasteiger partial charge < -0.3 is 14.2 Å². The Balaban J connectivity index is 1.83. The maximum Gasteiger partial charge on any atom is 0.348 e. The Kier molecular flexibility index (Phi) is 5.65. The van der Waals surface area contributed by atoms with Crippen molar-refractivity contribution in [3.8, 4) is 17.6 Å². The van der Waals surface area contributed by atoms with Gasteiger partial charge in [0, 0.05) is 0 Å². The molecule has 154 valence electrons. The average molecular weight is 444 g/mol. The molecular formula is C20H17N3O5S2. The molecule has 0 fully saturated rings. The third-order valence-corrected chi connectivity index (χ3v) is 6.53. The summed E-state index contributed by atoms with van der Waals surface area (Å²) in [7, 11) is 0. The molecule has 30 heavy (non-hydrogen) atoms. The normalized spacial score (nSPS) is 12.2. The van der Waals surface area contributed by atoms with E-state index in [1.54, 1.807) is 19.9 Å². The molecule has 4 rings (SSSR count). The third-order valence-electron chi connectivity index (χ3n) is 4.52. The van der Waals surface area contributed by atoms with E-state index in [0.29, 0.717) is 37.3 Å². The van der Waals surface area contributed by atoms with Gasteiger partial charge in [0.2, 0.25) is 6.79 Å². The molecule has 1 aliphatic rings. The van der Waals surface area contributed by atoms with Crippen molar-refractivity contribution in [1.82, 2.24) is 9.55 Å². The van der Waals surface area contributed by atoms with E-state index in [1.807, 2.05) is 12.1 Å². The summed E-state index contributed by atoms with van der Waals surface area (Å²) in [6.07, 6.45) is 0. The van der Waals surface area contributed by atoms with E-state index in [-0.39, 0.29) is 31.3 Å². The highest BCUT2D eigenvalue weighted by atomic mass is 32.2. The zero-order valence-electron chi connectivity index (χ0n) is 16.3. The minimum Gasteiger partial charge on any atom is -0.462 e. The van der Waals surface area contributed by atoms with E-state index < -0.39 is 5.97 Å². The molecule has 3 heterocycles. The van der Waals surface area contributed by atoms with E-state index >= 15 is 0 Å². The van der Waals surface area contributed by atoms with Crippen LogP contribution < -0.4 is 15.0 Å². The number of thioether (sulfide) groups is 1. The highest BCUT2D eigenvalue weighted by molar-refractivity contribution is 7.99. The molecule has 0 amide bonds. The lowest BCUT2D eigenvalue weighted by Gasteiger charge is -2.12. The van der Waals surface area contributed by atoms with Crippen LogP contribution in [0.25, 0.3) is 10.2 Å². The van der Waals surface area contributed by atoms with Crippen LogP contribution in [-0.2, 0) is 11.3 Å². The largest absolute Gasteiger partial charge is 0.462 e. The third kappa shape index (κ3) is 3.62. The van der Waals surface area contributed by atoms with E-state index in [2.05, 4.69) is 11.1 Å². The summed E-state index contributed by atoms with van der Waals surface area (Å²) in [5.41, 5.74) is 1.13. The van der Waals surface area contributed by atoms with Crippen LogP contribution in [0.15, 0.2) is 28.2 Å². The maximum absolute atomic E-state index is 13.4. The fourth-order valence-electron chi connectivity index (χ4n) is 3.16. The Hall–Kier alpha value is -3.03. The van der Waals surface area contributed by atoms with Crippen LogP contribution in [0.1, 0.15) is 27.7 Å². The van der Waals surface area contributed by atoms with Crippen LogP contribution in [0.5, 0.6) is 11.5 Å². The van der Waals surface area contributed by atoms with E-state index in [9.17, 15) is 9.59 Å². The Morgan fingerprint density at radius 2 is 2.20 bits per heavy atom. The number of esters is 1. The number of hydrogen-bond acceptors (Lipinski definition) is 9. The molecule has 0 N–H and O–H groups in total. The van der Waals surface area contributed by atoms with E-state index in [1.165, 1.54) is 16.3 Å². The zero-order valence-corrected chi connectivity index (χ0v) is 17.9. The van der Waals surface area contributed by atoms with Crippen molar-refractivity contribution >= 4 is 39.3 Å². The van der Waals surface area contributed by atoms with Crippen LogP contribution in [-0.4, -0.2) is 34.7 Å². The van der Waals surface area contributed by atoms with Crippen LogP contribution in [0, 0.1) is 18.3 Å². The molecule has 0 atom stereocenters. The number of carbonyl (C=O) groups excluding carboxylic acids is 1. The molecule has 1 aliphatic heterocycles. The number of hydrogen-bond donors (Lipinski definition) is 0. The van der Waals surface area contributed by atoms with Crippen molar-refractivity contribution < 1.29 is 19.0 Å². The van der Waals surface area contributed by atoms with Crippen molar-refractivity contribution in [1.29, 1.82) is 5.26 Å². The molecule has 8 nitrogen and oxygen atoms in total. The standard InChI is InChI=1S/C20H17N3O5S2/c1-3-26-19(25)16-11(2)15-17(30-16)22-20(29-7-6-21)23(18(15)24)9-12-4-5-13-14(8-12)28-10-27-13/h4-5,8H,3,7,9-10H2,1-2H3. The number of nitrogens with zero attached hydrogens (tertiary/aromatic N) is 3. The predicted octanol–water partition coefficient (Wildman–Crippen LogP) is 3.34. The molecule has 0 unspecified atom stereocenters. The average Bonchev–Trinajstić information content (AvgIpc) is 3.33. The molecular weight excluding hydrogens is 426 g/mol. The summed E-state index contributed by atoms with van der Waals surface area (Å²) >= 11 is 2.31. The molecule has 0 radical (unpaired) electrons. The zero-order chi connectivity index (χ0) is 21.3. The highest BCUT2D eigenvalue weighted by Gasteiger charge is 2.23. The molecule has 10 heteroatoms. The number of benzene rings is 1. The SMILES string of the molecule is CCOC(=O)c1sc2nc(SCC#N)n(Cc3ccc4c(c3)OCO4)c(=O)c2c1C. The van der Waals surface area contributed by atoms with Crippen molar-refractivity contribution in [3.63, 3.8) is 0 Å². The first-order valence-electron chi connectivity index (χ1n) is 9.12. The van der Waals surface area contributed by atoms with Crippen molar-refractivity contribution in [2.75, 3.05) is 19.2 Å². The Labute approximate surface area is 180 Å². The molecule has 0 saturated carbocycles. The van der Waals surface area contributed by atoms with E-state index in [4.69, 9.17) is 19.5 Å². The fraction of sp³-hybridized carbons (Fsp3) is 0.300. The molecule has 0 saturated heterocycles. The number of thiophene rings is 1. The van der Waals surface area contributed by atoms with Gasteiger partial charge in [0.25, 0.3) is 5.56 Å². The molecule has 0 aliphatic carbocycles. The van der Waals surface area contributed by atoms with Gasteiger partial charge in [-0.2, -0.15) is 5.26 Å². The van der Waals surface area contributed by atoms with Gasteiger partial charge in [-0.1, -0.05) is 17.8 Å². The predicted molar refractivity (Wildman–Crippen MR) is 113 cm³/mol. The van der Waals surface area contributed by atoms with Crippen molar-refractivity contribution in [2.24, 2.45) is 0 Å². The maximum atomic E-state index is 13.4. The number of aryl methyl sites for hydroxylation is 1. The summed E-state index contributed by atoms with van der Waals surface area (Å²) in [5.74, 6) is 0.961. The van der Waals surface area contributed by atoms with Crippen LogP contribution in [0.4, 0.5) is 0 Å². The lowest BCUT2D eigenvalue weighted by atomic mass is 10.2. The lowest BCUT2D eigenvalue weighted by molar-refractivity contribution is 0.0531. The summed E-state index contributed by atoms with van der Waals surface area (Å²) in [6.45, 7) is 4.11. The second kappa shape index (κ2) is 8.38. The van der Waals surface area contributed by atoms with Gasteiger partial charge in [-0.3, -0.25) is 9.36 Å². The number of aromatic nitrogens is 2. The topological polar surface area (TPSA) is 103 Å². The second-order valence-electron chi connectivity index (χ2n) is 6.38. The van der Waals surface area contributed by atoms with Gasteiger partial charge in [-0.15, -0.1) is 11.3 Å². The molecule has 2 aromatic heterocycles. The summed E-state index contributed by atoms with van der Waals surface area (Å²) in [6, 6.07) is 7.53. The van der Waals surface area contributed by atoms with Gasteiger partial charge >= 0.3 is 5.97 Å². The van der Waals surface area contributed by atoms with E-state index in [0.717, 1.165) is 16.9 Å². The number of carbonyl (C=O) groups is 1. The minimum absolute atomic E-state index is 0.147. The summed E-state index contributed by atoms with van der Waals surface area (Å²) in [4.78, 5) is 31.1. The second-order valence-corrected chi connectivity index (χ2v) is 8.32. The van der Waals surface area contributed by atoms with Crippen LogP contribution in [0.3, 0.4) is 0 Å². The van der Waals surface area contributed by atoms with Crippen LogP contribution >= 0.6 is 23.1 Å². The number of nitriles is 1. The first-order valence-corrected chi connectivity index (χ1v) is 10.9. The van der Waals surface area contributed by atoms with Crippen molar-refractivity contribution in [3.05, 3.63) is 44.6 Å². The van der Waals surface area contributed by atoms with Crippen molar-refractivity contribution in [2.45, 2.75) is 25.5 Å². The van der Waals surface area contributed by atoms with Gasteiger partial charge in [0.05, 0.1) is 30.4 Å². The Morgan fingerprint density at radius 3 is 2.97 bits per heavy atom. The summed E-state index contributed by atoms with van der Waals surface area (Å²) < 4.78 is 17.4. The van der Waals surface area contributed by atoms with Gasteiger partial charge in [-0.25, -0.2) is 9.78 Å². The first-order chi connectivity index (χ1) is 14.5. The molecule has 1 aromatic carbocycles. The van der Waals surface area contributed by atoms with Gasteiger partial charge in [-0.05, 0) is 37.1 Å². The minimum atomic E-state index is -0.467. The number of rotatable bonds is 6. The fourth-order valence-corrected chi connectivity index (χ4v) is 4.93. The van der Waals surface area contributed by atoms with Gasteiger partial charge in [0.1, 0.15) is 9.71 Å². The molecule has 0 bridgehead atoms. The van der Waals surface area contributed by atoms with Crippen LogP contribution in [0.2, 0.25) is 0 Å². The monoisotopic (exact) mass is 443 g/mol. The highest BCUT2D eigenvalue weighted by Crippen LogP contribution is 2.33.